The predicted octanol–water partition coefficient (Wildman–Crippen LogP) is 3.91. The van der Waals surface area contributed by atoms with E-state index >= 15 is 0 Å². The standard InChI is InChI=1S/C18H34N4OS.HI/c1-6-8-14(9-10-23)11-20-17(19-7-2)21-12-16-22-15(13-24-16)18(3,4)5;/h13-14,23H,6-12H2,1-5H3,(H2,19,20,21);1H. The maximum atomic E-state index is 9.17. The monoisotopic (exact) mass is 482 g/mol. The molecule has 0 radical (unpaired) electrons. The normalized spacial score (nSPS) is 13.3. The lowest BCUT2D eigenvalue weighted by Crippen LogP contribution is -2.40. The van der Waals surface area contributed by atoms with E-state index in [-0.39, 0.29) is 36.0 Å². The average molecular weight is 482 g/mol. The fourth-order valence-electron chi connectivity index (χ4n) is 2.40. The van der Waals surface area contributed by atoms with Crippen molar-refractivity contribution in [3.8, 4) is 0 Å². The van der Waals surface area contributed by atoms with Crippen LogP contribution in [0.25, 0.3) is 0 Å². The molecular weight excluding hydrogens is 447 g/mol. The van der Waals surface area contributed by atoms with E-state index in [2.05, 4.69) is 55.6 Å². The number of hydrogen-bond donors (Lipinski definition) is 3. The average Bonchev–Trinajstić information content (AvgIpc) is 2.99. The third-order valence-electron chi connectivity index (χ3n) is 3.83. The number of guanidine groups is 1. The van der Waals surface area contributed by atoms with Gasteiger partial charge in [-0.2, -0.15) is 0 Å². The first kappa shape index (κ1) is 24.6. The van der Waals surface area contributed by atoms with Crippen molar-refractivity contribution in [2.75, 3.05) is 19.7 Å². The van der Waals surface area contributed by atoms with Gasteiger partial charge in [-0.25, -0.2) is 9.98 Å². The Morgan fingerprint density at radius 3 is 2.52 bits per heavy atom. The Labute approximate surface area is 174 Å². The second-order valence-corrected chi connectivity index (χ2v) is 8.06. The number of aliphatic imine (C=N–C) groups is 1. The molecule has 7 heteroatoms. The molecule has 0 aliphatic carbocycles. The number of nitrogens with zero attached hydrogens (tertiary/aromatic N) is 2. The molecule has 5 nitrogen and oxygen atoms in total. The molecule has 1 aromatic rings. The van der Waals surface area contributed by atoms with E-state index in [0.717, 1.165) is 49.0 Å². The Morgan fingerprint density at radius 1 is 1.28 bits per heavy atom. The van der Waals surface area contributed by atoms with E-state index < -0.39 is 0 Å². The summed E-state index contributed by atoms with van der Waals surface area (Å²) < 4.78 is 0. The van der Waals surface area contributed by atoms with Crippen molar-refractivity contribution in [2.45, 2.75) is 65.8 Å². The fraction of sp³-hybridized carbons (Fsp3) is 0.778. The topological polar surface area (TPSA) is 69.5 Å². The minimum Gasteiger partial charge on any atom is -0.396 e. The Hall–Kier alpha value is -0.410. The zero-order chi connectivity index (χ0) is 18.0. The molecule has 0 aliphatic heterocycles. The second kappa shape index (κ2) is 12.9. The molecule has 0 amide bonds. The summed E-state index contributed by atoms with van der Waals surface area (Å²) in [5.41, 5.74) is 1.21. The molecule has 3 N–H and O–H groups in total. The highest BCUT2D eigenvalue weighted by molar-refractivity contribution is 14.0. The molecule has 0 aliphatic rings. The smallest absolute Gasteiger partial charge is 0.191 e. The Balaban J connectivity index is 0.00000576. The van der Waals surface area contributed by atoms with Crippen LogP contribution >= 0.6 is 35.3 Å². The largest absolute Gasteiger partial charge is 0.396 e. The van der Waals surface area contributed by atoms with Crippen LogP contribution in [-0.4, -0.2) is 35.7 Å². The quantitative estimate of drug-likeness (QED) is 0.284. The molecule has 1 unspecified atom stereocenters. The lowest BCUT2D eigenvalue weighted by Gasteiger charge is -2.18. The van der Waals surface area contributed by atoms with Crippen LogP contribution in [0, 0.1) is 5.92 Å². The van der Waals surface area contributed by atoms with Crippen LogP contribution in [0.3, 0.4) is 0 Å². The highest BCUT2D eigenvalue weighted by Crippen LogP contribution is 2.24. The Morgan fingerprint density at radius 2 is 2.00 bits per heavy atom. The SMILES string of the molecule is CCCC(CCO)CNC(=NCc1nc(C(C)(C)C)cs1)NCC.I. The fourth-order valence-corrected chi connectivity index (χ4v) is 3.34. The van der Waals surface area contributed by atoms with Crippen molar-refractivity contribution in [1.82, 2.24) is 15.6 Å². The Kier molecular flexibility index (Phi) is 12.7. The molecule has 0 bridgehead atoms. The molecule has 0 aromatic carbocycles. The lowest BCUT2D eigenvalue weighted by atomic mass is 9.93. The maximum Gasteiger partial charge on any atom is 0.191 e. The zero-order valence-electron chi connectivity index (χ0n) is 16.3. The summed E-state index contributed by atoms with van der Waals surface area (Å²) >= 11 is 1.67. The van der Waals surface area contributed by atoms with Crippen LogP contribution in [0.15, 0.2) is 10.4 Å². The van der Waals surface area contributed by atoms with Gasteiger partial charge in [-0.3, -0.25) is 0 Å². The van der Waals surface area contributed by atoms with Crippen LogP contribution in [0.2, 0.25) is 0 Å². The van der Waals surface area contributed by atoms with E-state index in [1.54, 1.807) is 11.3 Å². The number of halogens is 1. The number of hydrogen-bond acceptors (Lipinski definition) is 4. The number of aromatic nitrogens is 1. The third kappa shape index (κ3) is 9.75. The highest BCUT2D eigenvalue weighted by Gasteiger charge is 2.17. The van der Waals surface area contributed by atoms with Crippen molar-refractivity contribution in [3.63, 3.8) is 0 Å². The molecule has 0 saturated heterocycles. The first-order valence-corrected chi connectivity index (χ1v) is 9.86. The van der Waals surface area contributed by atoms with E-state index in [9.17, 15) is 5.11 Å². The summed E-state index contributed by atoms with van der Waals surface area (Å²) in [6.45, 7) is 13.3. The van der Waals surface area contributed by atoms with Crippen molar-refractivity contribution in [2.24, 2.45) is 10.9 Å². The molecule has 0 spiro atoms. The van der Waals surface area contributed by atoms with Gasteiger partial charge in [-0.15, -0.1) is 35.3 Å². The molecule has 0 saturated carbocycles. The van der Waals surface area contributed by atoms with Crippen LogP contribution in [0.5, 0.6) is 0 Å². The van der Waals surface area contributed by atoms with Gasteiger partial charge < -0.3 is 15.7 Å². The van der Waals surface area contributed by atoms with Crippen LogP contribution < -0.4 is 10.6 Å². The molecular formula is C18H35IN4OS. The van der Waals surface area contributed by atoms with Gasteiger partial charge in [0, 0.05) is 30.5 Å². The number of aliphatic hydroxyl groups is 1. The minimum atomic E-state index is 0. The van der Waals surface area contributed by atoms with Gasteiger partial charge in [-0.1, -0.05) is 34.1 Å². The lowest BCUT2D eigenvalue weighted by molar-refractivity contribution is 0.251. The van der Waals surface area contributed by atoms with Gasteiger partial charge in [0.25, 0.3) is 0 Å². The van der Waals surface area contributed by atoms with Crippen molar-refractivity contribution in [3.05, 3.63) is 16.1 Å². The van der Waals surface area contributed by atoms with Gasteiger partial charge in [0.15, 0.2) is 5.96 Å². The van der Waals surface area contributed by atoms with Gasteiger partial charge in [0.2, 0.25) is 0 Å². The van der Waals surface area contributed by atoms with Gasteiger partial charge >= 0.3 is 0 Å². The molecule has 0 fully saturated rings. The minimum absolute atomic E-state index is 0. The summed E-state index contributed by atoms with van der Waals surface area (Å²) in [5, 5.41) is 19.0. The third-order valence-corrected chi connectivity index (χ3v) is 4.66. The number of nitrogens with one attached hydrogen (secondary N) is 2. The van der Waals surface area contributed by atoms with E-state index in [1.807, 2.05) is 0 Å². The molecule has 1 rings (SSSR count). The number of aliphatic hydroxyl groups excluding tert-OH is 1. The van der Waals surface area contributed by atoms with Crippen molar-refractivity contribution >= 4 is 41.3 Å². The first-order valence-electron chi connectivity index (χ1n) is 8.98. The zero-order valence-corrected chi connectivity index (χ0v) is 19.4. The molecule has 146 valence electrons. The second-order valence-electron chi connectivity index (χ2n) is 7.12. The summed E-state index contributed by atoms with van der Waals surface area (Å²) in [5.74, 6) is 1.31. The summed E-state index contributed by atoms with van der Waals surface area (Å²) in [7, 11) is 0. The van der Waals surface area contributed by atoms with E-state index in [0.29, 0.717) is 12.5 Å². The Bertz CT molecular complexity index is 494. The molecule has 1 atom stereocenters. The van der Waals surface area contributed by atoms with Gasteiger partial charge in [0.05, 0.1) is 12.2 Å². The summed E-state index contributed by atoms with van der Waals surface area (Å²) in [4.78, 5) is 9.34. The molecule has 25 heavy (non-hydrogen) atoms. The molecule has 1 heterocycles. The van der Waals surface area contributed by atoms with Gasteiger partial charge in [-0.05, 0) is 25.7 Å². The predicted molar refractivity (Wildman–Crippen MR) is 119 cm³/mol. The summed E-state index contributed by atoms with van der Waals surface area (Å²) in [6.07, 6.45) is 3.09. The van der Waals surface area contributed by atoms with E-state index in [4.69, 9.17) is 4.98 Å². The van der Waals surface area contributed by atoms with Crippen LogP contribution in [0.4, 0.5) is 0 Å². The van der Waals surface area contributed by atoms with Gasteiger partial charge in [0.1, 0.15) is 5.01 Å². The maximum absolute atomic E-state index is 9.17. The van der Waals surface area contributed by atoms with Crippen LogP contribution in [-0.2, 0) is 12.0 Å². The number of rotatable bonds is 9. The molecule has 1 aromatic heterocycles. The van der Waals surface area contributed by atoms with Crippen molar-refractivity contribution < 1.29 is 5.11 Å². The number of thiazole rings is 1. The first-order chi connectivity index (χ1) is 11.4. The summed E-state index contributed by atoms with van der Waals surface area (Å²) in [6, 6.07) is 0. The van der Waals surface area contributed by atoms with Crippen LogP contribution in [0.1, 0.15) is 64.6 Å². The van der Waals surface area contributed by atoms with E-state index in [1.165, 1.54) is 0 Å². The van der Waals surface area contributed by atoms with Crippen molar-refractivity contribution in [1.29, 1.82) is 0 Å². The highest BCUT2D eigenvalue weighted by atomic mass is 127.